The second-order valence-corrected chi connectivity index (χ2v) is 6.97. The number of anilines is 1. The summed E-state index contributed by atoms with van der Waals surface area (Å²) >= 11 is 0. The normalized spacial score (nSPS) is 10.8. The highest BCUT2D eigenvalue weighted by atomic mass is 16.1. The number of rotatable bonds is 7. The Kier molecular flexibility index (Phi) is 5.52. The van der Waals surface area contributed by atoms with Crippen LogP contribution in [0.15, 0.2) is 73.2 Å². The minimum absolute atomic E-state index is 0.193. The van der Waals surface area contributed by atoms with Crippen LogP contribution in [-0.4, -0.2) is 34.5 Å². The number of amides is 1. The molecule has 2 N–H and O–H groups in total. The first-order valence-corrected chi connectivity index (χ1v) is 9.61. The summed E-state index contributed by atoms with van der Waals surface area (Å²) in [7, 11) is 1.95. The largest absolute Gasteiger partial charge is 0.361 e. The number of aromatic amines is 1. The zero-order valence-corrected chi connectivity index (χ0v) is 16.3. The lowest BCUT2D eigenvalue weighted by molar-refractivity contribution is 0.0949. The van der Waals surface area contributed by atoms with E-state index in [2.05, 4.69) is 38.5 Å². The first-order valence-electron chi connectivity index (χ1n) is 9.61. The molecule has 0 fully saturated rings. The molecule has 1 amide bonds. The smallest absolute Gasteiger partial charge is 0.270 e. The van der Waals surface area contributed by atoms with E-state index in [-0.39, 0.29) is 5.91 Å². The molecule has 2 aromatic heterocycles. The standard InChI is InChI=1S/C23H23N5O/c1-28(15-17-7-3-2-4-8-17)22-13-21(26-16-27-22)23(29)24-12-11-18-14-25-20-10-6-5-9-19(18)20/h2-10,13-14,16,25H,11-12,15H2,1H3,(H,24,29). The van der Waals surface area contributed by atoms with Crippen molar-refractivity contribution in [3.63, 3.8) is 0 Å². The molecule has 0 aliphatic rings. The van der Waals surface area contributed by atoms with E-state index in [1.54, 1.807) is 6.07 Å². The average molecular weight is 385 g/mol. The summed E-state index contributed by atoms with van der Waals surface area (Å²) in [5.41, 5.74) is 3.84. The van der Waals surface area contributed by atoms with Gasteiger partial charge >= 0.3 is 0 Å². The predicted molar refractivity (Wildman–Crippen MR) is 115 cm³/mol. The van der Waals surface area contributed by atoms with Crippen LogP contribution in [-0.2, 0) is 13.0 Å². The van der Waals surface area contributed by atoms with Crippen LogP contribution in [0, 0.1) is 0 Å². The maximum atomic E-state index is 12.5. The molecular weight excluding hydrogens is 362 g/mol. The summed E-state index contributed by atoms with van der Waals surface area (Å²) < 4.78 is 0. The van der Waals surface area contributed by atoms with Gasteiger partial charge in [0.05, 0.1) is 0 Å². The number of aromatic nitrogens is 3. The Balaban J connectivity index is 1.37. The van der Waals surface area contributed by atoms with Gasteiger partial charge in [-0.05, 0) is 23.6 Å². The maximum Gasteiger partial charge on any atom is 0.270 e. The number of H-pyrrole nitrogens is 1. The average Bonchev–Trinajstić information content (AvgIpc) is 3.18. The summed E-state index contributed by atoms with van der Waals surface area (Å²) in [6.07, 6.45) is 4.19. The van der Waals surface area contributed by atoms with Crippen LogP contribution >= 0.6 is 0 Å². The Morgan fingerprint density at radius 1 is 1.07 bits per heavy atom. The van der Waals surface area contributed by atoms with E-state index >= 15 is 0 Å². The highest BCUT2D eigenvalue weighted by Crippen LogP contribution is 2.18. The SMILES string of the molecule is CN(Cc1ccccc1)c1cc(C(=O)NCCc2c[nH]c3ccccc23)ncn1. The van der Waals surface area contributed by atoms with E-state index in [0.29, 0.717) is 24.6 Å². The minimum atomic E-state index is -0.193. The molecule has 4 aromatic rings. The number of carbonyl (C=O) groups excluding carboxylic acids is 1. The van der Waals surface area contributed by atoms with E-state index in [0.717, 1.165) is 11.9 Å². The third-order valence-electron chi connectivity index (χ3n) is 4.89. The quantitative estimate of drug-likeness (QED) is 0.510. The molecule has 146 valence electrons. The minimum Gasteiger partial charge on any atom is -0.361 e. The second kappa shape index (κ2) is 8.56. The molecular formula is C23H23N5O. The van der Waals surface area contributed by atoms with E-state index in [1.165, 1.54) is 22.8 Å². The third kappa shape index (κ3) is 4.43. The fourth-order valence-electron chi connectivity index (χ4n) is 3.36. The first kappa shape index (κ1) is 18.7. The number of nitrogens with zero attached hydrogens (tertiary/aromatic N) is 3. The highest BCUT2D eigenvalue weighted by molar-refractivity contribution is 5.93. The summed E-state index contributed by atoms with van der Waals surface area (Å²) in [4.78, 5) is 26.2. The monoisotopic (exact) mass is 385 g/mol. The van der Waals surface area contributed by atoms with Crippen molar-refractivity contribution < 1.29 is 4.79 Å². The van der Waals surface area contributed by atoms with E-state index in [4.69, 9.17) is 0 Å². The Hall–Kier alpha value is -3.67. The van der Waals surface area contributed by atoms with Gasteiger partial charge in [-0.25, -0.2) is 9.97 Å². The fraction of sp³-hybridized carbons (Fsp3) is 0.174. The molecule has 0 bridgehead atoms. The van der Waals surface area contributed by atoms with Crippen LogP contribution in [0.1, 0.15) is 21.6 Å². The lowest BCUT2D eigenvalue weighted by Gasteiger charge is -2.18. The number of carbonyl (C=O) groups is 1. The van der Waals surface area contributed by atoms with Gasteiger partial charge in [-0.15, -0.1) is 0 Å². The number of para-hydroxylation sites is 1. The predicted octanol–water partition coefficient (Wildman–Crippen LogP) is 3.57. The van der Waals surface area contributed by atoms with Crippen LogP contribution in [0.3, 0.4) is 0 Å². The molecule has 2 heterocycles. The Bertz CT molecular complexity index is 1110. The van der Waals surface area contributed by atoms with Crippen molar-refractivity contribution >= 4 is 22.6 Å². The van der Waals surface area contributed by atoms with E-state index in [9.17, 15) is 4.79 Å². The Labute approximate surface area is 169 Å². The van der Waals surface area contributed by atoms with Crippen LogP contribution in [0.25, 0.3) is 10.9 Å². The fourth-order valence-corrected chi connectivity index (χ4v) is 3.36. The van der Waals surface area contributed by atoms with Crippen molar-refractivity contribution in [3.05, 3.63) is 90.0 Å². The van der Waals surface area contributed by atoms with Gasteiger partial charge < -0.3 is 15.2 Å². The van der Waals surface area contributed by atoms with Crippen molar-refractivity contribution in [2.45, 2.75) is 13.0 Å². The van der Waals surface area contributed by atoms with Gasteiger partial charge in [0, 0.05) is 43.3 Å². The number of benzene rings is 2. The molecule has 29 heavy (non-hydrogen) atoms. The molecule has 2 aromatic carbocycles. The van der Waals surface area contributed by atoms with Gasteiger partial charge in [0.25, 0.3) is 5.91 Å². The van der Waals surface area contributed by atoms with Gasteiger partial charge in [0.2, 0.25) is 0 Å². The van der Waals surface area contributed by atoms with Gasteiger partial charge in [0.1, 0.15) is 17.8 Å². The van der Waals surface area contributed by atoms with Gasteiger partial charge in [0.15, 0.2) is 0 Å². The maximum absolute atomic E-state index is 12.5. The second-order valence-electron chi connectivity index (χ2n) is 6.97. The van der Waals surface area contributed by atoms with Crippen molar-refractivity contribution in [2.75, 3.05) is 18.5 Å². The Morgan fingerprint density at radius 3 is 2.72 bits per heavy atom. The van der Waals surface area contributed by atoms with Gasteiger partial charge in [-0.1, -0.05) is 48.5 Å². The van der Waals surface area contributed by atoms with Gasteiger partial charge in [-0.3, -0.25) is 4.79 Å². The Morgan fingerprint density at radius 2 is 1.86 bits per heavy atom. The number of hydrogen-bond acceptors (Lipinski definition) is 4. The van der Waals surface area contributed by atoms with Crippen molar-refractivity contribution in [2.24, 2.45) is 0 Å². The molecule has 4 rings (SSSR count). The summed E-state index contributed by atoms with van der Waals surface area (Å²) in [6.45, 7) is 1.25. The zero-order valence-electron chi connectivity index (χ0n) is 16.3. The summed E-state index contributed by atoms with van der Waals surface area (Å²) in [6, 6.07) is 20.0. The molecule has 0 aliphatic heterocycles. The van der Waals surface area contributed by atoms with Crippen molar-refractivity contribution in [1.82, 2.24) is 20.3 Å². The number of nitrogens with one attached hydrogen (secondary N) is 2. The van der Waals surface area contributed by atoms with E-state index < -0.39 is 0 Å². The molecule has 6 nitrogen and oxygen atoms in total. The number of hydrogen-bond donors (Lipinski definition) is 2. The molecule has 0 unspecified atom stereocenters. The van der Waals surface area contributed by atoms with Crippen LogP contribution < -0.4 is 10.2 Å². The van der Waals surface area contributed by atoms with Crippen LogP contribution in [0.2, 0.25) is 0 Å². The topological polar surface area (TPSA) is 73.9 Å². The molecule has 6 heteroatoms. The molecule has 0 saturated heterocycles. The molecule has 0 spiro atoms. The lowest BCUT2D eigenvalue weighted by Crippen LogP contribution is -2.27. The van der Waals surface area contributed by atoms with Crippen LogP contribution in [0.5, 0.6) is 0 Å². The molecule has 0 atom stereocenters. The third-order valence-corrected chi connectivity index (χ3v) is 4.89. The van der Waals surface area contributed by atoms with E-state index in [1.807, 2.05) is 54.5 Å². The molecule has 0 aliphatic carbocycles. The molecule has 0 saturated carbocycles. The summed E-state index contributed by atoms with van der Waals surface area (Å²) in [5, 5.41) is 4.14. The highest BCUT2D eigenvalue weighted by Gasteiger charge is 2.11. The van der Waals surface area contributed by atoms with Crippen LogP contribution in [0.4, 0.5) is 5.82 Å². The first-order chi connectivity index (χ1) is 14.2. The zero-order chi connectivity index (χ0) is 20.1. The lowest BCUT2D eigenvalue weighted by atomic mass is 10.1. The van der Waals surface area contributed by atoms with Crippen molar-refractivity contribution in [1.29, 1.82) is 0 Å². The summed E-state index contributed by atoms with van der Waals surface area (Å²) in [5.74, 6) is 0.521. The number of fused-ring (bicyclic) bond motifs is 1. The van der Waals surface area contributed by atoms with Gasteiger partial charge in [-0.2, -0.15) is 0 Å². The van der Waals surface area contributed by atoms with Crippen molar-refractivity contribution in [3.8, 4) is 0 Å². The molecule has 0 radical (unpaired) electrons.